The second-order valence-corrected chi connectivity index (χ2v) is 16.2. The van der Waals surface area contributed by atoms with Gasteiger partial charge in [0, 0.05) is 70.0 Å². The fourth-order valence-corrected chi connectivity index (χ4v) is 9.43. The summed E-state index contributed by atoms with van der Waals surface area (Å²) in [5.74, 6) is 3.77. The van der Waals surface area contributed by atoms with Crippen LogP contribution in [-0.4, -0.2) is 34.5 Å². The van der Waals surface area contributed by atoms with E-state index in [-0.39, 0.29) is 0 Å². The van der Waals surface area contributed by atoms with Crippen molar-refractivity contribution in [3.63, 3.8) is 0 Å². The molecule has 62 heavy (non-hydrogen) atoms. The van der Waals surface area contributed by atoms with Gasteiger partial charge in [-0.3, -0.25) is 0 Å². The van der Waals surface area contributed by atoms with Gasteiger partial charge in [-0.25, -0.2) is 29.9 Å². The quantitative estimate of drug-likeness (QED) is 0.159. The minimum Gasteiger partial charge on any atom is -0.309 e. The van der Waals surface area contributed by atoms with Crippen molar-refractivity contribution >= 4 is 53.3 Å². The normalized spacial score (nSPS) is 11.5. The number of para-hydroxylation sites is 2. The highest BCUT2D eigenvalue weighted by molar-refractivity contribution is 7.25. The molecule has 8 aromatic carbocycles. The Morgan fingerprint density at radius 1 is 0.274 bits per heavy atom. The highest BCUT2D eigenvalue weighted by Crippen LogP contribution is 2.39. The molecular formula is C54H33N7S. The van der Waals surface area contributed by atoms with Gasteiger partial charge in [0.2, 0.25) is 0 Å². The van der Waals surface area contributed by atoms with Crippen LogP contribution >= 0.6 is 11.3 Å². The molecule has 12 rings (SSSR count). The number of rotatable bonds is 7. The smallest absolute Gasteiger partial charge is 0.164 e. The van der Waals surface area contributed by atoms with Crippen molar-refractivity contribution in [3.8, 4) is 74.0 Å². The molecule has 0 aliphatic carbocycles. The lowest BCUT2D eigenvalue weighted by Gasteiger charge is -2.11. The second kappa shape index (κ2) is 14.8. The summed E-state index contributed by atoms with van der Waals surface area (Å²) in [4.78, 5) is 30.1. The zero-order chi connectivity index (χ0) is 41.0. The Labute approximate surface area is 360 Å². The summed E-state index contributed by atoms with van der Waals surface area (Å²) in [6.07, 6.45) is 0. The van der Waals surface area contributed by atoms with Crippen LogP contribution in [0.5, 0.6) is 0 Å². The van der Waals surface area contributed by atoms with Crippen molar-refractivity contribution in [3.05, 3.63) is 200 Å². The van der Waals surface area contributed by atoms with Crippen LogP contribution < -0.4 is 0 Å². The molecule has 0 saturated carbocycles. The first-order valence-corrected chi connectivity index (χ1v) is 21.3. The lowest BCUT2D eigenvalue weighted by Crippen LogP contribution is -2.00. The van der Waals surface area contributed by atoms with Gasteiger partial charge >= 0.3 is 0 Å². The summed E-state index contributed by atoms with van der Waals surface area (Å²) in [5, 5.41) is 4.75. The molecule has 290 valence electrons. The molecule has 0 aliphatic heterocycles. The molecule has 12 aromatic rings. The molecule has 4 aromatic heterocycles. The first kappa shape index (κ1) is 35.7. The topological polar surface area (TPSA) is 82.3 Å². The van der Waals surface area contributed by atoms with E-state index in [1.54, 1.807) is 11.3 Å². The van der Waals surface area contributed by atoms with Crippen molar-refractivity contribution in [1.82, 2.24) is 34.5 Å². The van der Waals surface area contributed by atoms with Crippen LogP contribution in [0.4, 0.5) is 0 Å². The van der Waals surface area contributed by atoms with Gasteiger partial charge in [-0.1, -0.05) is 140 Å². The Morgan fingerprint density at radius 2 is 0.661 bits per heavy atom. The van der Waals surface area contributed by atoms with Crippen LogP contribution in [0.25, 0.3) is 116 Å². The van der Waals surface area contributed by atoms with Gasteiger partial charge < -0.3 is 4.57 Å². The average Bonchev–Trinajstić information content (AvgIpc) is 3.89. The predicted molar refractivity (Wildman–Crippen MR) is 253 cm³/mol. The molecule has 0 amide bonds. The van der Waals surface area contributed by atoms with Crippen LogP contribution in [0, 0.1) is 0 Å². The minimum absolute atomic E-state index is 0.616. The van der Waals surface area contributed by atoms with E-state index in [4.69, 9.17) is 29.9 Å². The molecular weight excluding hydrogens is 779 g/mol. The SMILES string of the molecule is c1ccc(-c2nc(-c3ccc(-n4c5ccccc5c5ccccc54)cc3)nc(-c3ccc4c(c3)sc3ccc(-c5nc(-c6ccccc6)nc(-c6ccccc6)n5)cc34)n2)cc1. The lowest BCUT2D eigenvalue weighted by molar-refractivity contribution is 1.07. The van der Waals surface area contributed by atoms with Gasteiger partial charge in [-0.05, 0) is 60.7 Å². The Hall–Kier alpha value is -8.20. The van der Waals surface area contributed by atoms with E-state index in [0.717, 1.165) is 54.5 Å². The standard InChI is InChI=1S/C54H33N7S/c1-4-14-34(15-5-1)49-55-50(35-16-6-2-7-17-35)58-53(57-49)38-27-31-47-44(32-38)43-30-26-39(33-48(43)62-47)54-59-51(36-18-8-3-9-19-36)56-52(60-54)37-24-28-40(29-25-37)61-45-22-12-10-20-41(45)42-21-11-13-23-46(42)61/h1-33H. The number of aromatic nitrogens is 7. The van der Waals surface area contributed by atoms with Gasteiger partial charge in [0.05, 0.1) is 11.0 Å². The van der Waals surface area contributed by atoms with E-state index in [1.165, 1.54) is 26.5 Å². The molecule has 0 saturated heterocycles. The molecule has 0 bridgehead atoms. The maximum atomic E-state index is 5.13. The molecule has 0 aliphatic rings. The molecule has 8 heteroatoms. The number of hydrogen-bond acceptors (Lipinski definition) is 7. The summed E-state index contributed by atoms with van der Waals surface area (Å²) in [5.41, 5.74) is 8.99. The zero-order valence-corrected chi connectivity index (χ0v) is 33.9. The van der Waals surface area contributed by atoms with E-state index >= 15 is 0 Å². The van der Waals surface area contributed by atoms with E-state index in [2.05, 4.69) is 114 Å². The molecule has 0 atom stereocenters. The monoisotopic (exact) mass is 811 g/mol. The number of thiophene rings is 1. The molecule has 0 spiro atoms. The Bertz CT molecular complexity index is 3510. The first-order chi connectivity index (χ1) is 30.7. The van der Waals surface area contributed by atoms with E-state index in [9.17, 15) is 0 Å². The van der Waals surface area contributed by atoms with E-state index in [1.807, 2.05) is 91.0 Å². The van der Waals surface area contributed by atoms with E-state index < -0.39 is 0 Å². The van der Waals surface area contributed by atoms with Gasteiger partial charge in [0.15, 0.2) is 34.9 Å². The van der Waals surface area contributed by atoms with Crippen molar-refractivity contribution in [1.29, 1.82) is 0 Å². The molecule has 0 fully saturated rings. The molecule has 0 radical (unpaired) electrons. The maximum absolute atomic E-state index is 5.13. The maximum Gasteiger partial charge on any atom is 0.164 e. The first-order valence-electron chi connectivity index (χ1n) is 20.4. The number of hydrogen-bond donors (Lipinski definition) is 0. The second-order valence-electron chi connectivity index (χ2n) is 15.2. The fraction of sp³-hybridized carbons (Fsp3) is 0. The average molecular weight is 812 g/mol. The van der Waals surface area contributed by atoms with Crippen LogP contribution in [0.15, 0.2) is 200 Å². The van der Waals surface area contributed by atoms with E-state index in [0.29, 0.717) is 34.9 Å². The minimum atomic E-state index is 0.616. The Morgan fingerprint density at radius 3 is 1.16 bits per heavy atom. The number of nitrogens with zero attached hydrogens (tertiary/aromatic N) is 7. The summed E-state index contributed by atoms with van der Waals surface area (Å²) < 4.78 is 4.63. The largest absolute Gasteiger partial charge is 0.309 e. The van der Waals surface area contributed by atoms with Gasteiger partial charge in [-0.15, -0.1) is 11.3 Å². The van der Waals surface area contributed by atoms with Crippen molar-refractivity contribution in [2.24, 2.45) is 0 Å². The van der Waals surface area contributed by atoms with Crippen molar-refractivity contribution in [2.75, 3.05) is 0 Å². The summed E-state index contributed by atoms with van der Waals surface area (Å²) in [7, 11) is 0. The van der Waals surface area contributed by atoms with Crippen LogP contribution in [-0.2, 0) is 0 Å². The number of fused-ring (bicyclic) bond motifs is 6. The summed E-state index contributed by atoms with van der Waals surface area (Å²) in [6, 6.07) is 68.9. The van der Waals surface area contributed by atoms with Crippen molar-refractivity contribution in [2.45, 2.75) is 0 Å². The highest BCUT2D eigenvalue weighted by atomic mass is 32.1. The Balaban J connectivity index is 0.939. The van der Waals surface area contributed by atoms with Crippen LogP contribution in [0.2, 0.25) is 0 Å². The van der Waals surface area contributed by atoms with Crippen LogP contribution in [0.3, 0.4) is 0 Å². The molecule has 7 nitrogen and oxygen atoms in total. The van der Waals surface area contributed by atoms with Gasteiger partial charge in [0.1, 0.15) is 0 Å². The predicted octanol–water partition coefficient (Wildman–Crippen LogP) is 13.5. The van der Waals surface area contributed by atoms with Gasteiger partial charge in [-0.2, -0.15) is 0 Å². The third-order valence-electron chi connectivity index (χ3n) is 11.3. The third kappa shape index (κ3) is 6.29. The van der Waals surface area contributed by atoms with Crippen LogP contribution in [0.1, 0.15) is 0 Å². The fourth-order valence-electron chi connectivity index (χ4n) is 8.30. The molecule has 0 N–H and O–H groups in total. The third-order valence-corrected chi connectivity index (χ3v) is 12.5. The molecule has 4 heterocycles. The summed E-state index contributed by atoms with van der Waals surface area (Å²) >= 11 is 1.75. The van der Waals surface area contributed by atoms with Gasteiger partial charge in [0.25, 0.3) is 0 Å². The summed E-state index contributed by atoms with van der Waals surface area (Å²) in [6.45, 7) is 0. The van der Waals surface area contributed by atoms with Crippen molar-refractivity contribution < 1.29 is 0 Å². The highest BCUT2D eigenvalue weighted by Gasteiger charge is 2.18. The lowest BCUT2D eigenvalue weighted by atomic mass is 10.1. The Kier molecular flexibility index (Phi) is 8.53. The zero-order valence-electron chi connectivity index (χ0n) is 33.1. The number of benzene rings is 8. The molecule has 0 unspecified atom stereocenters.